The van der Waals surface area contributed by atoms with E-state index in [9.17, 15) is 4.79 Å². The van der Waals surface area contributed by atoms with E-state index in [4.69, 9.17) is 5.26 Å². The second-order valence-corrected chi connectivity index (χ2v) is 7.78. The zero-order chi connectivity index (χ0) is 16.4. The topological polar surface area (TPSA) is 62.1 Å². The molecule has 0 aromatic rings. The number of hydrogen-bond acceptors (Lipinski definition) is 4. The second-order valence-electron chi connectivity index (χ2n) is 7.78. The number of nitrogens with zero attached hydrogens (tertiary/aromatic N) is 2. The minimum absolute atomic E-state index is 0.0333. The van der Waals surface area contributed by atoms with Gasteiger partial charge in [-0.3, -0.25) is 4.79 Å². The molecule has 0 unspecified atom stereocenters. The predicted molar refractivity (Wildman–Crippen MR) is 86.2 cm³/mol. The highest BCUT2D eigenvalue weighted by atomic mass is 17.2. The quantitative estimate of drug-likeness (QED) is 0.629. The third-order valence-electron chi connectivity index (χ3n) is 6.63. The van der Waals surface area contributed by atoms with Crippen molar-refractivity contribution in [1.29, 1.82) is 0 Å². The Morgan fingerprint density at radius 1 is 1.35 bits per heavy atom. The molecule has 0 aromatic carbocycles. The lowest BCUT2D eigenvalue weighted by molar-refractivity contribution is -0.242. The second kappa shape index (κ2) is 4.81. The fraction of sp³-hybridized carbons (Fsp3) is 0.556. The van der Waals surface area contributed by atoms with Crippen LogP contribution in [0.2, 0.25) is 0 Å². The summed E-state index contributed by atoms with van der Waals surface area (Å²) in [5.41, 5.74) is 2.25. The van der Waals surface area contributed by atoms with Gasteiger partial charge in [-0.05, 0) is 53.3 Å². The zero-order valence-corrected chi connectivity index (χ0v) is 13.7. The molecule has 0 spiro atoms. The molecule has 23 heavy (non-hydrogen) atoms. The first kappa shape index (κ1) is 14.7. The molecule has 5 rings (SSSR count). The van der Waals surface area contributed by atoms with Crippen LogP contribution in [0.3, 0.4) is 0 Å². The maximum absolute atomic E-state index is 12.8. The van der Waals surface area contributed by atoms with Gasteiger partial charge >= 0.3 is 0 Å². The van der Waals surface area contributed by atoms with Crippen LogP contribution in [0.4, 0.5) is 0 Å². The molecule has 0 saturated heterocycles. The van der Waals surface area contributed by atoms with Crippen molar-refractivity contribution in [2.24, 2.45) is 28.3 Å². The van der Waals surface area contributed by atoms with Crippen molar-refractivity contribution in [3.8, 4) is 0 Å². The minimum atomic E-state index is 0.0333. The van der Waals surface area contributed by atoms with Gasteiger partial charge in [0.05, 0.1) is 5.57 Å². The SMILES string of the molecule is C[C@@H]1[C@@H](N2C=C3C(=CC=C/C3=N\OO)C2=O)C[C@H]2C[C@@H]1C2(C)C. The van der Waals surface area contributed by atoms with Gasteiger partial charge in [-0.15, -0.1) is 0 Å². The Bertz CT molecular complexity index is 686. The van der Waals surface area contributed by atoms with Crippen LogP contribution < -0.4 is 0 Å². The van der Waals surface area contributed by atoms with Crippen LogP contribution in [-0.2, 0) is 9.78 Å². The Hall–Kier alpha value is -1.88. The van der Waals surface area contributed by atoms with E-state index in [1.807, 2.05) is 17.2 Å². The van der Waals surface area contributed by atoms with Crippen molar-refractivity contribution in [2.75, 3.05) is 0 Å². The van der Waals surface area contributed by atoms with Gasteiger partial charge in [0.15, 0.2) is 0 Å². The molecule has 0 aromatic heterocycles. The molecule has 5 nitrogen and oxygen atoms in total. The van der Waals surface area contributed by atoms with E-state index < -0.39 is 0 Å². The first-order valence-electron chi connectivity index (χ1n) is 8.27. The van der Waals surface area contributed by atoms with Crippen molar-refractivity contribution < 1.29 is 15.0 Å². The van der Waals surface area contributed by atoms with Crippen LogP contribution in [0.5, 0.6) is 0 Å². The number of carbonyl (C=O) groups is 1. The van der Waals surface area contributed by atoms with E-state index in [2.05, 4.69) is 30.9 Å². The van der Waals surface area contributed by atoms with Gasteiger partial charge in [0, 0.05) is 17.8 Å². The fourth-order valence-corrected chi connectivity index (χ4v) is 5.07. The van der Waals surface area contributed by atoms with Crippen LogP contribution in [0.25, 0.3) is 0 Å². The van der Waals surface area contributed by atoms with Gasteiger partial charge in [-0.25, -0.2) is 4.99 Å². The highest BCUT2D eigenvalue weighted by Gasteiger charge is 2.58. The van der Waals surface area contributed by atoms with Gasteiger partial charge in [0.25, 0.3) is 5.91 Å². The maximum atomic E-state index is 12.8. The number of oxime groups is 1. The summed E-state index contributed by atoms with van der Waals surface area (Å²) in [4.78, 5) is 18.6. The average molecular weight is 314 g/mol. The van der Waals surface area contributed by atoms with Crippen LogP contribution in [0.1, 0.15) is 33.6 Å². The minimum Gasteiger partial charge on any atom is -0.311 e. The summed E-state index contributed by atoms with van der Waals surface area (Å²) in [6, 6.07) is 0.245. The van der Waals surface area contributed by atoms with Gasteiger partial charge < -0.3 is 4.90 Å². The van der Waals surface area contributed by atoms with E-state index in [1.165, 1.54) is 6.42 Å². The van der Waals surface area contributed by atoms with E-state index in [0.717, 1.165) is 12.0 Å². The molecule has 4 atom stereocenters. The number of amides is 1. The highest BCUT2D eigenvalue weighted by Crippen LogP contribution is 2.62. The molecule has 1 heterocycles. The first-order chi connectivity index (χ1) is 10.9. The standard InChI is InChI=1S/C18H22N2O3/c1-10-14-7-11(18(14,2)3)8-16(10)20-9-13-12(17(20)21)5-4-6-15(13)19-23-22/h4-6,9-11,14,16,22H,7-8H2,1-3H3/b19-15+/t10-,11+,14-,16-/m0/s1. The summed E-state index contributed by atoms with van der Waals surface area (Å²) in [6.07, 6.45) is 9.53. The Kier molecular flexibility index (Phi) is 3.07. The molecule has 1 aliphatic heterocycles. The molecule has 5 aliphatic rings. The lowest BCUT2D eigenvalue weighted by atomic mass is 9.44. The third kappa shape index (κ3) is 1.89. The van der Waals surface area contributed by atoms with Crippen LogP contribution in [0, 0.1) is 23.2 Å². The van der Waals surface area contributed by atoms with E-state index in [-0.39, 0.29) is 11.9 Å². The van der Waals surface area contributed by atoms with Crippen molar-refractivity contribution in [3.63, 3.8) is 0 Å². The van der Waals surface area contributed by atoms with Crippen LogP contribution in [-0.4, -0.2) is 27.8 Å². The monoisotopic (exact) mass is 314 g/mol. The largest absolute Gasteiger partial charge is 0.311 e. The summed E-state index contributed by atoms with van der Waals surface area (Å²) < 4.78 is 0. The molecule has 3 fully saturated rings. The molecule has 1 N–H and O–H groups in total. The molecule has 3 saturated carbocycles. The third-order valence-corrected chi connectivity index (χ3v) is 6.63. The Balaban J connectivity index is 1.65. The van der Waals surface area contributed by atoms with Gasteiger partial charge in [0.1, 0.15) is 5.71 Å². The van der Waals surface area contributed by atoms with Crippen molar-refractivity contribution in [3.05, 3.63) is 35.6 Å². The van der Waals surface area contributed by atoms with Gasteiger partial charge in [0.2, 0.25) is 0 Å². The molecule has 5 heteroatoms. The molecule has 4 aliphatic carbocycles. The highest BCUT2D eigenvalue weighted by molar-refractivity contribution is 6.22. The Morgan fingerprint density at radius 3 is 2.78 bits per heavy atom. The lowest BCUT2D eigenvalue weighted by Crippen LogP contribution is -2.60. The molecule has 0 radical (unpaired) electrons. The predicted octanol–water partition coefficient (Wildman–Crippen LogP) is 3.13. The molecule has 122 valence electrons. The normalized spacial score (nSPS) is 38.9. The summed E-state index contributed by atoms with van der Waals surface area (Å²) in [5, 5.41) is 12.2. The van der Waals surface area contributed by atoms with Crippen molar-refractivity contribution in [1.82, 2.24) is 4.90 Å². The number of hydrogen-bond donors (Lipinski definition) is 1. The number of allylic oxidation sites excluding steroid dienone is 3. The Labute approximate surface area is 135 Å². The van der Waals surface area contributed by atoms with Crippen molar-refractivity contribution in [2.45, 2.75) is 39.7 Å². The average Bonchev–Trinajstić information content (AvgIpc) is 2.85. The van der Waals surface area contributed by atoms with E-state index in [1.54, 1.807) is 12.2 Å². The summed E-state index contributed by atoms with van der Waals surface area (Å²) in [6.45, 7) is 7.00. The van der Waals surface area contributed by atoms with Gasteiger partial charge in [-0.2, -0.15) is 5.26 Å². The maximum Gasteiger partial charge on any atom is 0.258 e. The molecule has 1 amide bonds. The first-order valence-corrected chi connectivity index (χ1v) is 8.27. The molecular weight excluding hydrogens is 292 g/mol. The van der Waals surface area contributed by atoms with Crippen LogP contribution in [0.15, 0.2) is 40.7 Å². The number of fused-ring (bicyclic) bond motifs is 3. The van der Waals surface area contributed by atoms with E-state index in [0.29, 0.717) is 34.5 Å². The molecular formula is C18H22N2O3. The van der Waals surface area contributed by atoms with E-state index >= 15 is 0 Å². The lowest BCUT2D eigenvalue weighted by Gasteiger charge is -2.63. The fourth-order valence-electron chi connectivity index (χ4n) is 5.07. The van der Waals surface area contributed by atoms with Crippen molar-refractivity contribution >= 4 is 11.6 Å². The molecule has 2 bridgehead atoms. The smallest absolute Gasteiger partial charge is 0.258 e. The summed E-state index contributed by atoms with van der Waals surface area (Å²) >= 11 is 0. The zero-order valence-electron chi connectivity index (χ0n) is 13.7. The van der Waals surface area contributed by atoms with Gasteiger partial charge in [-0.1, -0.05) is 26.8 Å². The summed E-state index contributed by atoms with van der Waals surface area (Å²) in [7, 11) is 0. The number of rotatable bonds is 2. The summed E-state index contributed by atoms with van der Waals surface area (Å²) in [5.74, 6) is 1.90. The van der Waals surface area contributed by atoms with Crippen LogP contribution >= 0.6 is 0 Å². The number of carbonyl (C=O) groups excluding carboxylic acids is 1. The Morgan fingerprint density at radius 2 is 2.13 bits per heavy atom.